The Morgan fingerprint density at radius 3 is 2.52 bits per heavy atom. The molecular weight excluding hydrogens is 384 g/mol. The zero-order valence-electron chi connectivity index (χ0n) is 17.3. The maximum absolute atomic E-state index is 12.4. The van der Waals surface area contributed by atoms with Gasteiger partial charge in [0.15, 0.2) is 11.0 Å². The number of carbonyl (C=O) groups excluding carboxylic acids is 1. The van der Waals surface area contributed by atoms with E-state index in [1.54, 1.807) is 11.2 Å². The Labute approximate surface area is 175 Å². The summed E-state index contributed by atoms with van der Waals surface area (Å²) in [7, 11) is 1.85. The summed E-state index contributed by atoms with van der Waals surface area (Å²) in [6.07, 6.45) is 2.49. The Hall–Kier alpha value is -2.54. The highest BCUT2D eigenvalue weighted by molar-refractivity contribution is 8.00. The molecule has 1 aromatic carbocycles. The molecule has 1 amide bonds. The van der Waals surface area contributed by atoms with E-state index in [9.17, 15) is 4.79 Å². The number of amides is 1. The molecule has 1 atom stereocenters. The molecule has 2 aromatic heterocycles. The average Bonchev–Trinajstić information content (AvgIpc) is 3.41. The van der Waals surface area contributed by atoms with Crippen LogP contribution in [0.1, 0.15) is 38.5 Å². The number of likely N-dealkylation sites (tertiary alicyclic amines) is 1. The van der Waals surface area contributed by atoms with Crippen molar-refractivity contribution < 1.29 is 9.21 Å². The molecule has 1 aliphatic heterocycles. The van der Waals surface area contributed by atoms with E-state index in [1.165, 1.54) is 17.3 Å². The van der Waals surface area contributed by atoms with Gasteiger partial charge in [-0.05, 0) is 29.5 Å². The Bertz CT molecular complexity index is 987. The second-order valence-electron chi connectivity index (χ2n) is 8.45. The van der Waals surface area contributed by atoms with Crippen LogP contribution in [0.5, 0.6) is 0 Å². The minimum absolute atomic E-state index is 0.0935. The van der Waals surface area contributed by atoms with Crippen LogP contribution in [0.25, 0.3) is 11.4 Å². The average molecular weight is 411 g/mol. The predicted molar refractivity (Wildman–Crippen MR) is 114 cm³/mol. The lowest BCUT2D eigenvalue weighted by Gasteiger charge is -2.19. The summed E-state index contributed by atoms with van der Waals surface area (Å²) in [5.41, 5.74) is 2.36. The van der Waals surface area contributed by atoms with E-state index in [0.29, 0.717) is 6.54 Å². The molecule has 0 N–H and O–H groups in total. The molecule has 6 nitrogen and oxygen atoms in total. The van der Waals surface area contributed by atoms with Gasteiger partial charge in [0.05, 0.1) is 18.1 Å². The fraction of sp³-hybridized carbons (Fsp3) is 0.409. The van der Waals surface area contributed by atoms with Crippen molar-refractivity contribution >= 4 is 17.7 Å². The van der Waals surface area contributed by atoms with Gasteiger partial charge < -0.3 is 9.32 Å². The molecule has 1 unspecified atom stereocenters. The van der Waals surface area contributed by atoms with Gasteiger partial charge in [-0.1, -0.05) is 56.8 Å². The maximum atomic E-state index is 12.4. The summed E-state index contributed by atoms with van der Waals surface area (Å²) < 4.78 is 7.61. The Morgan fingerprint density at radius 1 is 1.17 bits per heavy atom. The summed E-state index contributed by atoms with van der Waals surface area (Å²) >= 11 is 1.49. The molecule has 0 spiro atoms. The lowest BCUT2D eigenvalue weighted by atomic mass is 9.87. The lowest BCUT2D eigenvalue weighted by Crippen LogP contribution is -2.24. The van der Waals surface area contributed by atoms with Crippen molar-refractivity contribution in [3.8, 4) is 11.4 Å². The smallest absolute Gasteiger partial charge is 0.235 e. The number of nitrogens with zero attached hydrogens (tertiary/aromatic N) is 4. The summed E-state index contributed by atoms with van der Waals surface area (Å²) in [6, 6.07) is 12.3. The van der Waals surface area contributed by atoms with Crippen LogP contribution in [0.4, 0.5) is 0 Å². The van der Waals surface area contributed by atoms with Gasteiger partial charge >= 0.3 is 0 Å². The van der Waals surface area contributed by atoms with E-state index in [1.807, 2.05) is 23.7 Å². The Balaban J connectivity index is 1.68. The quantitative estimate of drug-likeness (QED) is 0.631. The van der Waals surface area contributed by atoms with Gasteiger partial charge in [-0.3, -0.25) is 9.36 Å². The standard InChI is InChI=1S/C22H26N4O2S/c1-22(2,3)16-9-7-15(8-10-16)19-23-24-21(26(19)14-17-6-5-13-28-17)29-18-11-12-25(4)20(18)27/h5-10,13,18H,11-12,14H2,1-4H3. The topological polar surface area (TPSA) is 64.2 Å². The van der Waals surface area contributed by atoms with E-state index in [2.05, 4.69) is 55.2 Å². The van der Waals surface area contributed by atoms with E-state index >= 15 is 0 Å². The van der Waals surface area contributed by atoms with Gasteiger partial charge in [0.25, 0.3) is 0 Å². The summed E-state index contributed by atoms with van der Waals surface area (Å²) in [5, 5.41) is 9.53. The van der Waals surface area contributed by atoms with Crippen LogP contribution < -0.4 is 0 Å². The normalized spacial score (nSPS) is 17.3. The van der Waals surface area contributed by atoms with Crippen molar-refractivity contribution in [1.82, 2.24) is 19.7 Å². The minimum atomic E-state index is -0.115. The number of furan rings is 1. The van der Waals surface area contributed by atoms with E-state index in [-0.39, 0.29) is 16.6 Å². The third-order valence-corrected chi connectivity index (χ3v) is 6.48. The SMILES string of the molecule is CN1CCC(Sc2nnc(-c3ccc(C(C)(C)C)cc3)n2Cc2ccco2)C1=O. The van der Waals surface area contributed by atoms with Gasteiger partial charge in [-0.15, -0.1) is 10.2 Å². The molecule has 0 aliphatic carbocycles. The molecular formula is C22H26N4O2S. The molecule has 0 bridgehead atoms. The molecule has 29 heavy (non-hydrogen) atoms. The first kappa shape index (κ1) is 19.8. The fourth-order valence-corrected chi connectivity index (χ4v) is 4.56. The van der Waals surface area contributed by atoms with Crippen molar-refractivity contribution in [1.29, 1.82) is 0 Å². The zero-order chi connectivity index (χ0) is 20.6. The van der Waals surface area contributed by atoms with Gasteiger partial charge in [0.1, 0.15) is 5.76 Å². The van der Waals surface area contributed by atoms with Crippen LogP contribution in [0, 0.1) is 0 Å². The molecule has 152 valence electrons. The largest absolute Gasteiger partial charge is 0.467 e. The van der Waals surface area contributed by atoms with E-state index in [0.717, 1.165) is 35.3 Å². The highest BCUT2D eigenvalue weighted by atomic mass is 32.2. The van der Waals surface area contributed by atoms with Crippen LogP contribution in [-0.2, 0) is 16.8 Å². The second-order valence-corrected chi connectivity index (χ2v) is 9.62. The minimum Gasteiger partial charge on any atom is -0.467 e. The molecule has 3 heterocycles. The molecule has 1 aliphatic rings. The Kier molecular flexibility index (Phi) is 5.25. The molecule has 1 saturated heterocycles. The molecule has 4 rings (SSSR count). The van der Waals surface area contributed by atoms with E-state index in [4.69, 9.17) is 4.42 Å². The molecule has 0 radical (unpaired) electrons. The van der Waals surface area contributed by atoms with E-state index < -0.39 is 0 Å². The van der Waals surface area contributed by atoms with Gasteiger partial charge in [0.2, 0.25) is 5.91 Å². The number of carbonyl (C=O) groups is 1. The van der Waals surface area contributed by atoms with Gasteiger partial charge in [-0.2, -0.15) is 0 Å². The lowest BCUT2D eigenvalue weighted by molar-refractivity contribution is -0.126. The van der Waals surface area contributed by atoms with Crippen molar-refractivity contribution in [3.05, 3.63) is 54.0 Å². The first-order valence-corrected chi connectivity index (χ1v) is 10.7. The molecule has 1 fully saturated rings. The third kappa shape index (κ3) is 4.10. The summed E-state index contributed by atoms with van der Waals surface area (Å²) in [4.78, 5) is 14.2. The number of thioether (sulfide) groups is 1. The number of hydrogen-bond acceptors (Lipinski definition) is 5. The molecule has 3 aromatic rings. The van der Waals surface area contributed by atoms with Crippen LogP contribution in [0.2, 0.25) is 0 Å². The van der Waals surface area contributed by atoms with Crippen LogP contribution in [0.3, 0.4) is 0 Å². The van der Waals surface area contributed by atoms with Crippen molar-refractivity contribution in [2.24, 2.45) is 0 Å². The fourth-order valence-electron chi connectivity index (χ4n) is 3.44. The molecule has 0 saturated carbocycles. The van der Waals surface area contributed by atoms with Gasteiger partial charge in [0, 0.05) is 19.2 Å². The third-order valence-electron chi connectivity index (χ3n) is 5.25. The molecule has 7 heteroatoms. The van der Waals surface area contributed by atoms with Crippen LogP contribution >= 0.6 is 11.8 Å². The number of hydrogen-bond donors (Lipinski definition) is 0. The highest BCUT2D eigenvalue weighted by Crippen LogP contribution is 2.33. The van der Waals surface area contributed by atoms with Crippen LogP contribution in [-0.4, -0.2) is 44.4 Å². The van der Waals surface area contributed by atoms with Gasteiger partial charge in [-0.25, -0.2) is 0 Å². The number of rotatable bonds is 5. The van der Waals surface area contributed by atoms with Crippen molar-refractivity contribution in [3.63, 3.8) is 0 Å². The first-order chi connectivity index (χ1) is 13.8. The number of benzene rings is 1. The monoisotopic (exact) mass is 410 g/mol. The van der Waals surface area contributed by atoms with Crippen molar-refractivity contribution in [2.75, 3.05) is 13.6 Å². The summed E-state index contributed by atoms with van der Waals surface area (Å²) in [5.74, 6) is 1.76. The Morgan fingerprint density at radius 2 is 1.93 bits per heavy atom. The van der Waals surface area contributed by atoms with Crippen molar-refractivity contribution in [2.45, 2.75) is 49.6 Å². The first-order valence-electron chi connectivity index (χ1n) is 9.81. The highest BCUT2D eigenvalue weighted by Gasteiger charge is 2.32. The number of aromatic nitrogens is 3. The predicted octanol–water partition coefficient (Wildman–Crippen LogP) is 4.21. The van der Waals surface area contributed by atoms with Crippen LogP contribution in [0.15, 0.2) is 52.2 Å². The maximum Gasteiger partial charge on any atom is 0.235 e. The summed E-state index contributed by atoms with van der Waals surface area (Å²) in [6.45, 7) is 7.91. The second kappa shape index (κ2) is 7.71. The zero-order valence-corrected chi connectivity index (χ0v) is 18.1.